The number of fused-ring (bicyclic) bond motifs is 1. The van der Waals surface area contributed by atoms with Crippen LogP contribution < -0.4 is 38.1 Å². The van der Waals surface area contributed by atoms with Gasteiger partial charge >= 0.3 is 0 Å². The van der Waals surface area contributed by atoms with E-state index in [0.29, 0.717) is 44.2 Å². The molecular weight excluding hydrogens is 564 g/mol. The number of guanidine groups is 2. The number of rotatable bonds is 19. The Bertz CT molecular complexity index is 1230. The minimum absolute atomic E-state index is 0.0279. The van der Waals surface area contributed by atoms with E-state index in [1.807, 2.05) is 18.2 Å². The van der Waals surface area contributed by atoms with E-state index in [0.717, 1.165) is 4.70 Å². The number of carbonyl (C=O) groups is 5. The zero-order valence-electron chi connectivity index (χ0n) is 23.2. The standard InChI is InChI=1S/C26H38N10O5S/c27-25(28)31-12-4-3-11-20(38)35-18(9-6-14-37)23(41)33-15-21(39)34-17(8-5-13-32-26(29)30)22(40)24-36-16-7-1-2-10-19(16)42-24/h1-2,7,10,14,17-18H,3-6,8-9,11-13,15H2,(H,33,41)(H,34,39)(H,35,38)(H4,27,28,31)(H4,29,30,32)/t17?,18-/m0/s1. The lowest BCUT2D eigenvalue weighted by molar-refractivity contribution is -0.130. The summed E-state index contributed by atoms with van der Waals surface area (Å²) in [6.07, 6.45) is 2.55. The third-order valence-corrected chi connectivity index (χ3v) is 6.99. The molecule has 0 radical (unpaired) electrons. The van der Waals surface area contributed by atoms with Gasteiger partial charge in [0.25, 0.3) is 0 Å². The summed E-state index contributed by atoms with van der Waals surface area (Å²) >= 11 is 1.21. The summed E-state index contributed by atoms with van der Waals surface area (Å²) in [6, 6.07) is 5.31. The van der Waals surface area contributed by atoms with E-state index in [9.17, 15) is 24.0 Å². The fourth-order valence-corrected chi connectivity index (χ4v) is 4.82. The third-order valence-electron chi connectivity index (χ3n) is 5.94. The van der Waals surface area contributed by atoms with Crippen LogP contribution >= 0.6 is 11.3 Å². The minimum atomic E-state index is -1.02. The fraction of sp³-hybridized carbons (Fsp3) is 0.462. The van der Waals surface area contributed by atoms with E-state index in [2.05, 4.69) is 31.6 Å². The van der Waals surface area contributed by atoms with Gasteiger partial charge in [-0.3, -0.25) is 30.0 Å². The molecule has 1 aromatic carbocycles. The lowest BCUT2D eigenvalue weighted by atomic mass is 10.1. The number of Topliss-reactive ketones (excluding diaryl/α,β-unsaturated/α-hetero) is 1. The molecule has 15 nitrogen and oxygen atoms in total. The number of nitrogens with two attached hydrogens (primary N) is 2. The van der Waals surface area contributed by atoms with Crippen molar-refractivity contribution >= 4 is 63.3 Å². The molecule has 16 heteroatoms. The van der Waals surface area contributed by atoms with Crippen LogP contribution in [-0.2, 0) is 19.2 Å². The maximum atomic E-state index is 13.3. The van der Waals surface area contributed by atoms with Crippen molar-refractivity contribution in [2.75, 3.05) is 19.6 Å². The molecule has 0 fully saturated rings. The van der Waals surface area contributed by atoms with E-state index in [1.54, 1.807) is 6.07 Å². The molecule has 2 rings (SSSR count). The smallest absolute Gasteiger partial charge is 0.243 e. The molecule has 0 saturated heterocycles. The van der Waals surface area contributed by atoms with Gasteiger partial charge in [0.2, 0.25) is 23.5 Å². The Balaban J connectivity index is 1.96. The highest BCUT2D eigenvalue weighted by molar-refractivity contribution is 7.20. The summed E-state index contributed by atoms with van der Waals surface area (Å²) in [5.41, 5.74) is 11.2. The summed E-state index contributed by atoms with van der Waals surface area (Å²) in [5.74, 6) is -2.41. The number of benzene rings is 1. The van der Waals surface area contributed by atoms with Gasteiger partial charge in [-0.1, -0.05) is 12.1 Å². The number of unbranched alkanes of at least 4 members (excludes halogenated alkanes) is 1. The van der Waals surface area contributed by atoms with Crippen LogP contribution in [0.25, 0.3) is 10.2 Å². The van der Waals surface area contributed by atoms with E-state index in [1.165, 1.54) is 11.3 Å². The van der Waals surface area contributed by atoms with E-state index in [-0.39, 0.29) is 48.4 Å². The second-order valence-corrected chi connectivity index (χ2v) is 10.4. The molecule has 0 bridgehead atoms. The quantitative estimate of drug-likeness (QED) is 0.0326. The number of amides is 3. The van der Waals surface area contributed by atoms with Gasteiger partial charge in [0.05, 0.1) is 22.8 Å². The number of aromatic nitrogens is 1. The Morgan fingerprint density at radius 3 is 2.21 bits per heavy atom. The summed E-state index contributed by atoms with van der Waals surface area (Å²) in [5, 5.41) is 27.6. The Morgan fingerprint density at radius 1 is 0.881 bits per heavy atom. The second-order valence-electron chi connectivity index (χ2n) is 9.33. The molecule has 1 unspecified atom stereocenters. The molecule has 1 aromatic heterocycles. The molecule has 0 spiro atoms. The second kappa shape index (κ2) is 18.0. The van der Waals surface area contributed by atoms with Crippen molar-refractivity contribution in [3.8, 4) is 0 Å². The first kappa shape index (κ1) is 33.6. The van der Waals surface area contributed by atoms with Gasteiger partial charge < -0.3 is 42.8 Å². The Hall–Kier alpha value is -4.60. The molecule has 2 aromatic rings. The number of nitrogens with one attached hydrogen (secondary N) is 7. The molecule has 0 aliphatic rings. The number of ketones is 1. The Morgan fingerprint density at radius 2 is 1.55 bits per heavy atom. The summed E-state index contributed by atoms with van der Waals surface area (Å²) in [7, 11) is 0. The number of nitrogens with zero attached hydrogens (tertiary/aromatic N) is 1. The van der Waals surface area contributed by atoms with Gasteiger partial charge in [-0.15, -0.1) is 11.3 Å². The summed E-state index contributed by atoms with van der Waals surface area (Å²) in [6.45, 7) is 0.289. The molecule has 1 heterocycles. The van der Waals surface area contributed by atoms with E-state index in [4.69, 9.17) is 22.3 Å². The van der Waals surface area contributed by atoms with Crippen LogP contribution in [0.5, 0.6) is 0 Å². The summed E-state index contributed by atoms with van der Waals surface area (Å²) < 4.78 is 0.826. The highest BCUT2D eigenvalue weighted by atomic mass is 32.1. The van der Waals surface area contributed by atoms with Crippen LogP contribution in [0, 0.1) is 10.8 Å². The van der Waals surface area contributed by atoms with Crippen LogP contribution in [0.1, 0.15) is 54.7 Å². The highest BCUT2D eigenvalue weighted by Gasteiger charge is 2.26. The minimum Gasteiger partial charge on any atom is -0.370 e. The molecule has 0 saturated carbocycles. The molecule has 0 aliphatic carbocycles. The number of hydrogen-bond donors (Lipinski definition) is 9. The predicted molar refractivity (Wildman–Crippen MR) is 159 cm³/mol. The third kappa shape index (κ3) is 12.3. The average molecular weight is 603 g/mol. The maximum Gasteiger partial charge on any atom is 0.243 e. The topological polar surface area (TPSA) is 258 Å². The Kier molecular flexibility index (Phi) is 14.4. The van der Waals surface area contributed by atoms with Gasteiger partial charge in [0, 0.05) is 25.9 Å². The molecule has 42 heavy (non-hydrogen) atoms. The van der Waals surface area contributed by atoms with Gasteiger partial charge in [-0.2, -0.15) is 0 Å². The monoisotopic (exact) mass is 602 g/mol. The SMILES string of the molecule is N=C(N)NCCCCC(=O)N[C@@H](CCC=O)C(=O)NCC(=O)NC(CCCNC(=N)N)C(=O)c1nc2ccccc2s1. The first-order chi connectivity index (χ1) is 20.1. The van der Waals surface area contributed by atoms with Crippen molar-refractivity contribution in [1.82, 2.24) is 31.6 Å². The van der Waals surface area contributed by atoms with Crippen molar-refractivity contribution in [2.45, 2.75) is 57.0 Å². The van der Waals surface area contributed by atoms with Crippen LogP contribution in [0.2, 0.25) is 0 Å². The Labute approximate surface area is 247 Å². The molecule has 228 valence electrons. The first-order valence-electron chi connectivity index (χ1n) is 13.5. The number of aldehydes is 1. The number of thiazole rings is 1. The lowest BCUT2D eigenvalue weighted by Gasteiger charge is -2.19. The predicted octanol–water partition coefficient (Wildman–Crippen LogP) is -0.539. The van der Waals surface area contributed by atoms with Crippen molar-refractivity contribution in [1.29, 1.82) is 10.8 Å². The van der Waals surface area contributed by atoms with Crippen LogP contribution in [0.4, 0.5) is 0 Å². The lowest BCUT2D eigenvalue weighted by Crippen LogP contribution is -2.50. The normalized spacial score (nSPS) is 12.0. The van der Waals surface area contributed by atoms with Gasteiger partial charge in [-0.05, 0) is 44.2 Å². The largest absolute Gasteiger partial charge is 0.370 e. The zero-order valence-corrected chi connectivity index (χ0v) is 24.0. The summed E-state index contributed by atoms with van der Waals surface area (Å²) in [4.78, 5) is 66.4. The molecule has 11 N–H and O–H groups in total. The molecule has 0 aliphatic heterocycles. The van der Waals surface area contributed by atoms with Crippen LogP contribution in [0.3, 0.4) is 0 Å². The van der Waals surface area contributed by atoms with Crippen molar-refractivity contribution in [3.05, 3.63) is 29.3 Å². The van der Waals surface area contributed by atoms with E-state index < -0.39 is 36.3 Å². The average Bonchev–Trinajstić information content (AvgIpc) is 3.39. The number of hydrogen-bond acceptors (Lipinski definition) is 9. The number of carbonyl (C=O) groups excluding carboxylic acids is 5. The molecular formula is C26H38N10O5S. The zero-order chi connectivity index (χ0) is 30.9. The maximum absolute atomic E-state index is 13.3. The van der Waals surface area contributed by atoms with Crippen molar-refractivity contribution in [2.24, 2.45) is 11.5 Å². The van der Waals surface area contributed by atoms with Gasteiger partial charge in [0.1, 0.15) is 12.3 Å². The fourth-order valence-electron chi connectivity index (χ4n) is 3.86. The first-order valence-corrected chi connectivity index (χ1v) is 14.3. The van der Waals surface area contributed by atoms with Gasteiger partial charge in [0.15, 0.2) is 16.9 Å². The van der Waals surface area contributed by atoms with Crippen molar-refractivity contribution < 1.29 is 24.0 Å². The van der Waals surface area contributed by atoms with E-state index >= 15 is 0 Å². The molecule has 3 amide bonds. The van der Waals surface area contributed by atoms with Gasteiger partial charge in [-0.25, -0.2) is 4.98 Å². The number of para-hydroxylation sites is 1. The van der Waals surface area contributed by atoms with Crippen LogP contribution in [-0.4, -0.2) is 78.4 Å². The van der Waals surface area contributed by atoms with Crippen LogP contribution in [0.15, 0.2) is 24.3 Å². The molecule has 2 atom stereocenters. The highest BCUT2D eigenvalue weighted by Crippen LogP contribution is 2.23. The van der Waals surface area contributed by atoms with Crippen molar-refractivity contribution in [3.63, 3.8) is 0 Å².